The molecule has 1 amide bonds. The SMILES string of the molecule is COCCCN1C(=O)C(=Cc2c(NCC(C)C)nc3c(C)cccn3c2=O)SC1=S. The Balaban J connectivity index is 2.05. The highest BCUT2D eigenvalue weighted by atomic mass is 32.2. The van der Waals surface area contributed by atoms with Crippen LogP contribution in [0.2, 0.25) is 0 Å². The second-order valence-corrected chi connectivity index (χ2v) is 9.19. The number of nitrogens with zero attached hydrogens (tertiary/aromatic N) is 3. The Hall–Kier alpha value is -2.23. The summed E-state index contributed by atoms with van der Waals surface area (Å²) in [6.07, 6.45) is 4.00. The van der Waals surface area contributed by atoms with Crippen LogP contribution in [0.3, 0.4) is 0 Å². The highest BCUT2D eigenvalue weighted by Crippen LogP contribution is 2.33. The number of rotatable bonds is 8. The van der Waals surface area contributed by atoms with E-state index < -0.39 is 0 Å². The Morgan fingerprint density at radius 3 is 2.83 bits per heavy atom. The van der Waals surface area contributed by atoms with Crippen LogP contribution in [0.1, 0.15) is 31.4 Å². The number of nitrogens with one attached hydrogen (secondary N) is 1. The Morgan fingerprint density at radius 1 is 1.37 bits per heavy atom. The Morgan fingerprint density at radius 2 is 2.13 bits per heavy atom. The first-order chi connectivity index (χ1) is 14.3. The number of anilines is 1. The molecule has 1 fully saturated rings. The number of pyridine rings is 1. The molecule has 1 saturated heterocycles. The van der Waals surface area contributed by atoms with Crippen LogP contribution in [-0.2, 0) is 9.53 Å². The van der Waals surface area contributed by atoms with Gasteiger partial charge in [-0.1, -0.05) is 43.9 Å². The second kappa shape index (κ2) is 9.72. The van der Waals surface area contributed by atoms with E-state index in [2.05, 4.69) is 19.2 Å². The zero-order chi connectivity index (χ0) is 21.8. The maximum absolute atomic E-state index is 13.3. The van der Waals surface area contributed by atoms with E-state index in [1.807, 2.05) is 19.1 Å². The van der Waals surface area contributed by atoms with Crippen molar-refractivity contribution in [1.29, 1.82) is 0 Å². The fraction of sp³-hybridized carbons (Fsp3) is 0.429. The van der Waals surface area contributed by atoms with Gasteiger partial charge in [-0.3, -0.25) is 18.9 Å². The lowest BCUT2D eigenvalue weighted by molar-refractivity contribution is -0.122. The Kier molecular flexibility index (Phi) is 7.27. The molecule has 9 heteroatoms. The van der Waals surface area contributed by atoms with Gasteiger partial charge in [0.2, 0.25) is 0 Å². The van der Waals surface area contributed by atoms with E-state index in [1.54, 1.807) is 24.3 Å². The lowest BCUT2D eigenvalue weighted by Gasteiger charge is -2.14. The molecule has 0 atom stereocenters. The van der Waals surface area contributed by atoms with E-state index in [1.165, 1.54) is 16.2 Å². The van der Waals surface area contributed by atoms with Crippen molar-refractivity contribution in [1.82, 2.24) is 14.3 Å². The molecule has 2 aromatic heterocycles. The molecule has 0 spiro atoms. The van der Waals surface area contributed by atoms with E-state index in [9.17, 15) is 9.59 Å². The van der Waals surface area contributed by atoms with Crippen LogP contribution >= 0.6 is 24.0 Å². The summed E-state index contributed by atoms with van der Waals surface area (Å²) in [5.41, 5.74) is 1.63. The number of methoxy groups -OCH3 is 1. The number of carbonyl (C=O) groups excluding carboxylic acids is 1. The van der Waals surface area contributed by atoms with Gasteiger partial charge in [0.1, 0.15) is 15.8 Å². The van der Waals surface area contributed by atoms with Gasteiger partial charge < -0.3 is 10.1 Å². The molecule has 3 heterocycles. The van der Waals surface area contributed by atoms with E-state index in [-0.39, 0.29) is 11.5 Å². The lowest BCUT2D eigenvalue weighted by Crippen LogP contribution is -2.29. The minimum Gasteiger partial charge on any atom is -0.385 e. The maximum Gasteiger partial charge on any atom is 0.267 e. The number of hydrogen-bond donors (Lipinski definition) is 1. The monoisotopic (exact) mass is 446 g/mol. The van der Waals surface area contributed by atoms with Gasteiger partial charge in [-0.15, -0.1) is 0 Å². The number of aryl methyl sites for hydroxylation is 1. The normalized spacial score (nSPS) is 15.8. The maximum atomic E-state index is 13.3. The van der Waals surface area contributed by atoms with Crippen molar-refractivity contribution < 1.29 is 9.53 Å². The Labute approximate surface area is 185 Å². The number of thioether (sulfide) groups is 1. The summed E-state index contributed by atoms with van der Waals surface area (Å²) >= 11 is 6.59. The fourth-order valence-electron chi connectivity index (χ4n) is 3.07. The van der Waals surface area contributed by atoms with Crippen LogP contribution in [0.4, 0.5) is 5.82 Å². The van der Waals surface area contributed by atoms with Crippen molar-refractivity contribution in [2.24, 2.45) is 5.92 Å². The number of aromatic nitrogens is 2. The lowest BCUT2D eigenvalue weighted by atomic mass is 10.2. The van der Waals surface area contributed by atoms with Gasteiger partial charge in [0.05, 0.1) is 10.5 Å². The topological polar surface area (TPSA) is 75.9 Å². The van der Waals surface area contributed by atoms with Crippen molar-refractivity contribution in [2.45, 2.75) is 27.2 Å². The molecule has 2 aromatic rings. The van der Waals surface area contributed by atoms with Gasteiger partial charge in [-0.25, -0.2) is 4.98 Å². The smallest absolute Gasteiger partial charge is 0.267 e. The van der Waals surface area contributed by atoms with Crippen molar-refractivity contribution >= 4 is 51.7 Å². The molecule has 3 rings (SSSR count). The molecule has 0 aliphatic carbocycles. The largest absolute Gasteiger partial charge is 0.385 e. The number of ether oxygens (including phenoxy) is 1. The quantitative estimate of drug-likeness (QED) is 0.379. The molecule has 0 saturated carbocycles. The third-order valence-corrected chi connectivity index (χ3v) is 6.02. The van der Waals surface area contributed by atoms with Crippen LogP contribution in [0, 0.1) is 12.8 Å². The predicted octanol–water partition coefficient (Wildman–Crippen LogP) is 3.31. The molecule has 30 heavy (non-hydrogen) atoms. The summed E-state index contributed by atoms with van der Waals surface area (Å²) in [6, 6.07) is 3.73. The number of carbonyl (C=O) groups is 1. The molecule has 1 aliphatic rings. The van der Waals surface area contributed by atoms with Gasteiger partial charge in [0.15, 0.2) is 0 Å². The Bertz CT molecular complexity index is 1060. The highest BCUT2D eigenvalue weighted by molar-refractivity contribution is 8.26. The molecular weight excluding hydrogens is 420 g/mol. The summed E-state index contributed by atoms with van der Waals surface area (Å²) in [4.78, 5) is 32.8. The minimum absolute atomic E-state index is 0.190. The first-order valence-electron chi connectivity index (χ1n) is 9.83. The number of hydrogen-bond acceptors (Lipinski definition) is 7. The second-order valence-electron chi connectivity index (χ2n) is 7.52. The predicted molar refractivity (Wildman–Crippen MR) is 126 cm³/mol. The minimum atomic E-state index is -0.223. The zero-order valence-corrected chi connectivity index (χ0v) is 19.2. The first kappa shape index (κ1) is 22.5. The average Bonchev–Trinajstić information content (AvgIpc) is 2.97. The fourth-order valence-corrected chi connectivity index (χ4v) is 4.36. The van der Waals surface area contributed by atoms with Gasteiger partial charge in [-0.2, -0.15) is 0 Å². The van der Waals surface area contributed by atoms with Gasteiger partial charge in [0, 0.05) is 33.0 Å². The molecular formula is C21H26N4O3S2. The van der Waals surface area contributed by atoms with E-state index in [4.69, 9.17) is 21.9 Å². The molecule has 1 aliphatic heterocycles. The number of thiocarbonyl (C=S) groups is 1. The highest BCUT2D eigenvalue weighted by Gasteiger charge is 2.32. The zero-order valence-electron chi connectivity index (χ0n) is 17.6. The van der Waals surface area contributed by atoms with E-state index >= 15 is 0 Å². The summed E-state index contributed by atoms with van der Waals surface area (Å²) in [5, 5.41) is 3.27. The summed E-state index contributed by atoms with van der Waals surface area (Å²) in [5.74, 6) is 0.659. The van der Waals surface area contributed by atoms with Crippen molar-refractivity contribution in [2.75, 3.05) is 32.1 Å². The van der Waals surface area contributed by atoms with E-state index in [0.717, 1.165) is 5.56 Å². The molecule has 0 aromatic carbocycles. The van der Waals surface area contributed by atoms with Crippen LogP contribution < -0.4 is 10.9 Å². The summed E-state index contributed by atoms with van der Waals surface area (Å²) in [7, 11) is 1.62. The van der Waals surface area contributed by atoms with Crippen LogP contribution in [0.15, 0.2) is 28.0 Å². The summed E-state index contributed by atoms with van der Waals surface area (Å²) < 4.78 is 7.06. The van der Waals surface area contributed by atoms with E-state index in [0.29, 0.717) is 58.3 Å². The van der Waals surface area contributed by atoms with Gasteiger partial charge in [-0.05, 0) is 37.0 Å². The molecule has 160 valence electrons. The van der Waals surface area contributed by atoms with Gasteiger partial charge in [0.25, 0.3) is 11.5 Å². The molecule has 0 radical (unpaired) electrons. The molecule has 0 unspecified atom stereocenters. The summed E-state index contributed by atoms with van der Waals surface area (Å²) in [6.45, 7) is 7.77. The van der Waals surface area contributed by atoms with Crippen molar-refractivity contribution in [3.05, 3.63) is 44.7 Å². The third-order valence-electron chi connectivity index (χ3n) is 4.64. The molecule has 1 N–H and O–H groups in total. The first-order valence-corrected chi connectivity index (χ1v) is 11.1. The van der Waals surface area contributed by atoms with Gasteiger partial charge >= 0.3 is 0 Å². The number of amides is 1. The third kappa shape index (κ3) is 4.74. The average molecular weight is 447 g/mol. The number of fused-ring (bicyclic) bond motifs is 1. The van der Waals surface area contributed by atoms with Crippen LogP contribution in [0.25, 0.3) is 11.7 Å². The molecule has 0 bridgehead atoms. The molecule has 7 nitrogen and oxygen atoms in total. The standard InChI is InChI=1S/C21H26N4O3S2/c1-13(2)12-22-17-15(19(26)24-8-5-7-14(3)18(24)23-17)11-16-20(27)25(21(29)30-16)9-6-10-28-4/h5,7-8,11,13,22H,6,9-10,12H2,1-4H3. The van der Waals surface area contributed by atoms with Crippen LogP contribution in [0.5, 0.6) is 0 Å². The van der Waals surface area contributed by atoms with Crippen molar-refractivity contribution in [3.63, 3.8) is 0 Å². The van der Waals surface area contributed by atoms with Crippen molar-refractivity contribution in [3.8, 4) is 0 Å². The van der Waals surface area contributed by atoms with Crippen LogP contribution in [-0.4, -0.2) is 51.3 Å².